The zero-order valence-electron chi connectivity index (χ0n) is 12.0. The normalized spacial score (nSPS) is 11.4. The minimum Gasteiger partial charge on any atom is -0.389 e. The molecular weight excluding hydrogens is 310 g/mol. The maximum absolute atomic E-state index is 12.3. The third-order valence-electron chi connectivity index (χ3n) is 2.91. The molecule has 3 N–H and O–H groups in total. The van der Waals surface area contributed by atoms with Crippen LogP contribution in [-0.4, -0.2) is 43.8 Å². The Bertz CT molecular complexity index is 629. The molecule has 0 bridgehead atoms. The molecule has 0 unspecified atom stereocenters. The van der Waals surface area contributed by atoms with Crippen molar-refractivity contribution < 1.29 is 13.2 Å². The quantitative estimate of drug-likeness (QED) is 0.698. The molecular formula is C13H19N3O3S2. The molecule has 0 spiro atoms. The first-order chi connectivity index (χ1) is 9.80. The Kier molecular flexibility index (Phi) is 6.25. The van der Waals surface area contributed by atoms with Crippen LogP contribution in [0, 0.1) is 0 Å². The van der Waals surface area contributed by atoms with E-state index in [-0.39, 0.29) is 29.7 Å². The van der Waals surface area contributed by atoms with E-state index < -0.39 is 10.0 Å². The highest BCUT2D eigenvalue weighted by Crippen LogP contribution is 2.12. The van der Waals surface area contributed by atoms with Gasteiger partial charge in [-0.3, -0.25) is 4.79 Å². The Morgan fingerprint density at radius 1 is 1.43 bits per heavy atom. The highest BCUT2D eigenvalue weighted by atomic mass is 32.2. The van der Waals surface area contributed by atoms with E-state index >= 15 is 0 Å². The summed E-state index contributed by atoms with van der Waals surface area (Å²) in [6, 6.07) is 6.76. The van der Waals surface area contributed by atoms with Gasteiger partial charge in [0.2, 0.25) is 15.9 Å². The molecule has 0 aromatic heterocycles. The van der Waals surface area contributed by atoms with Crippen molar-refractivity contribution in [3.63, 3.8) is 0 Å². The van der Waals surface area contributed by atoms with Gasteiger partial charge < -0.3 is 11.1 Å². The van der Waals surface area contributed by atoms with Crippen LogP contribution in [0.3, 0.4) is 0 Å². The minimum atomic E-state index is -3.58. The van der Waals surface area contributed by atoms with Gasteiger partial charge in [0.15, 0.2) is 0 Å². The first-order valence-electron chi connectivity index (χ1n) is 6.37. The molecule has 0 saturated heterocycles. The molecule has 8 heteroatoms. The lowest BCUT2D eigenvalue weighted by molar-refractivity contribution is -0.120. The van der Waals surface area contributed by atoms with Crippen molar-refractivity contribution in [2.24, 2.45) is 5.73 Å². The lowest BCUT2D eigenvalue weighted by atomic mass is 10.1. The average molecular weight is 329 g/mol. The molecule has 0 heterocycles. The topological polar surface area (TPSA) is 92.5 Å². The second kappa shape index (κ2) is 7.48. The van der Waals surface area contributed by atoms with Crippen LogP contribution >= 0.6 is 12.2 Å². The number of nitrogens with two attached hydrogens (primary N) is 1. The molecule has 0 aliphatic rings. The van der Waals surface area contributed by atoms with Crippen LogP contribution in [0.2, 0.25) is 0 Å². The van der Waals surface area contributed by atoms with Crippen molar-refractivity contribution in [3.8, 4) is 0 Å². The van der Waals surface area contributed by atoms with Gasteiger partial charge in [-0.25, -0.2) is 8.42 Å². The van der Waals surface area contributed by atoms with Crippen molar-refractivity contribution in [2.45, 2.75) is 12.7 Å². The Balaban J connectivity index is 2.95. The number of hydrogen-bond donors (Lipinski definition) is 2. The maximum atomic E-state index is 12.3. The van der Waals surface area contributed by atoms with E-state index in [1.807, 2.05) is 0 Å². The van der Waals surface area contributed by atoms with Crippen LogP contribution in [0.1, 0.15) is 18.1 Å². The van der Waals surface area contributed by atoms with Gasteiger partial charge in [-0.2, -0.15) is 4.31 Å². The first kappa shape index (κ1) is 17.5. The Hall–Kier alpha value is -1.51. The van der Waals surface area contributed by atoms with Crippen molar-refractivity contribution in [3.05, 3.63) is 35.4 Å². The number of nitrogens with one attached hydrogen (secondary N) is 1. The molecule has 1 rings (SSSR count). The Labute approximate surface area is 130 Å². The van der Waals surface area contributed by atoms with E-state index in [1.54, 1.807) is 31.2 Å². The number of sulfonamides is 1. The third kappa shape index (κ3) is 5.07. The summed E-state index contributed by atoms with van der Waals surface area (Å²) in [7, 11) is -2.12. The van der Waals surface area contributed by atoms with E-state index in [0.29, 0.717) is 11.1 Å². The van der Waals surface area contributed by atoms with Crippen LogP contribution in [-0.2, 0) is 20.6 Å². The summed E-state index contributed by atoms with van der Waals surface area (Å²) >= 11 is 4.88. The molecule has 0 aliphatic heterocycles. The lowest BCUT2D eigenvalue weighted by Gasteiger charge is -2.19. The van der Waals surface area contributed by atoms with Crippen LogP contribution in [0.15, 0.2) is 24.3 Å². The van der Waals surface area contributed by atoms with Crippen molar-refractivity contribution in [2.75, 3.05) is 20.1 Å². The Morgan fingerprint density at radius 3 is 2.62 bits per heavy atom. The van der Waals surface area contributed by atoms with Gasteiger partial charge in [0.1, 0.15) is 4.99 Å². The summed E-state index contributed by atoms with van der Waals surface area (Å²) in [6.45, 7) is 1.72. The monoisotopic (exact) mass is 329 g/mol. The zero-order chi connectivity index (χ0) is 16.0. The number of nitrogens with zero attached hydrogens (tertiary/aromatic N) is 1. The molecule has 1 aromatic carbocycles. The Morgan fingerprint density at radius 2 is 2.10 bits per heavy atom. The van der Waals surface area contributed by atoms with E-state index in [1.165, 1.54) is 7.05 Å². The van der Waals surface area contributed by atoms with Crippen LogP contribution < -0.4 is 11.1 Å². The van der Waals surface area contributed by atoms with Gasteiger partial charge in [-0.1, -0.05) is 37.3 Å². The summed E-state index contributed by atoms with van der Waals surface area (Å²) < 4.78 is 25.8. The maximum Gasteiger partial charge on any atom is 0.235 e. The summed E-state index contributed by atoms with van der Waals surface area (Å²) in [4.78, 5) is 11.6. The van der Waals surface area contributed by atoms with Gasteiger partial charge in [-0.15, -0.1) is 0 Å². The molecule has 0 saturated carbocycles. The first-order valence-corrected chi connectivity index (χ1v) is 8.39. The SMILES string of the molecule is CCN(CC(=O)NC)S(=O)(=O)Cc1cccc(C(N)=S)c1. The fraction of sp³-hybridized carbons (Fsp3) is 0.385. The molecule has 21 heavy (non-hydrogen) atoms. The van der Waals surface area contributed by atoms with Gasteiger partial charge in [0.05, 0.1) is 12.3 Å². The highest BCUT2D eigenvalue weighted by Gasteiger charge is 2.23. The predicted octanol–water partition coefficient (Wildman–Crippen LogP) is 0.219. The fourth-order valence-corrected chi connectivity index (χ4v) is 3.38. The lowest BCUT2D eigenvalue weighted by Crippen LogP contribution is -2.40. The molecule has 1 aromatic rings. The van der Waals surface area contributed by atoms with Gasteiger partial charge >= 0.3 is 0 Å². The summed E-state index contributed by atoms with van der Waals surface area (Å²) in [6.07, 6.45) is 0. The van der Waals surface area contributed by atoms with Crippen LogP contribution in [0.25, 0.3) is 0 Å². The number of rotatable bonds is 7. The summed E-state index contributed by atoms with van der Waals surface area (Å²) in [5.41, 5.74) is 6.73. The van der Waals surface area contributed by atoms with Gasteiger partial charge in [0.25, 0.3) is 0 Å². The van der Waals surface area contributed by atoms with E-state index in [9.17, 15) is 13.2 Å². The van der Waals surface area contributed by atoms with Crippen molar-refractivity contribution in [1.82, 2.24) is 9.62 Å². The van der Waals surface area contributed by atoms with Crippen molar-refractivity contribution >= 4 is 33.1 Å². The number of amides is 1. The second-order valence-corrected chi connectivity index (χ2v) is 6.83. The third-order valence-corrected chi connectivity index (χ3v) is 5.01. The van der Waals surface area contributed by atoms with Crippen LogP contribution in [0.5, 0.6) is 0 Å². The molecule has 0 radical (unpaired) electrons. The molecule has 6 nitrogen and oxygen atoms in total. The van der Waals surface area contributed by atoms with E-state index in [0.717, 1.165) is 4.31 Å². The smallest absolute Gasteiger partial charge is 0.235 e. The molecule has 1 amide bonds. The molecule has 0 atom stereocenters. The van der Waals surface area contributed by atoms with Gasteiger partial charge in [-0.05, 0) is 11.6 Å². The van der Waals surface area contributed by atoms with Gasteiger partial charge in [0, 0.05) is 19.2 Å². The van der Waals surface area contributed by atoms with E-state index in [2.05, 4.69) is 5.32 Å². The number of carbonyl (C=O) groups is 1. The number of hydrogen-bond acceptors (Lipinski definition) is 4. The largest absolute Gasteiger partial charge is 0.389 e. The average Bonchev–Trinajstić information content (AvgIpc) is 2.43. The van der Waals surface area contributed by atoms with Crippen LogP contribution in [0.4, 0.5) is 0 Å². The number of thiocarbonyl (C=S) groups is 1. The minimum absolute atomic E-state index is 0.190. The van der Waals surface area contributed by atoms with Crippen molar-refractivity contribution in [1.29, 1.82) is 0 Å². The predicted molar refractivity (Wildman–Crippen MR) is 86.3 cm³/mol. The highest BCUT2D eigenvalue weighted by molar-refractivity contribution is 7.88. The second-order valence-electron chi connectivity index (χ2n) is 4.42. The zero-order valence-corrected chi connectivity index (χ0v) is 13.6. The van der Waals surface area contributed by atoms with E-state index in [4.69, 9.17) is 18.0 Å². The molecule has 0 aliphatic carbocycles. The number of likely N-dealkylation sites (N-methyl/N-ethyl adjacent to an activating group) is 2. The summed E-state index contributed by atoms with van der Waals surface area (Å²) in [5, 5.41) is 2.41. The summed E-state index contributed by atoms with van der Waals surface area (Å²) in [5.74, 6) is -0.550. The number of benzene rings is 1. The fourth-order valence-electron chi connectivity index (χ4n) is 1.76. The molecule has 0 fully saturated rings. The number of carbonyl (C=O) groups excluding carboxylic acids is 1. The standard InChI is InChI=1S/C13H19N3O3S2/c1-3-16(8-12(17)15-2)21(18,19)9-10-5-4-6-11(7-10)13(14)20/h4-7H,3,8-9H2,1-2H3,(H2,14,20)(H,15,17). The molecule has 116 valence electrons.